The first-order chi connectivity index (χ1) is 10.1. The number of hydrogen-bond donors (Lipinski definition) is 1. The molecule has 0 unspecified atom stereocenters. The number of aryl methyl sites for hydroxylation is 1. The Hall–Kier alpha value is -2.01. The van der Waals surface area contributed by atoms with Crippen LogP contribution in [0.1, 0.15) is 5.56 Å². The quantitative estimate of drug-likeness (QED) is 0.841. The number of ether oxygens (including phenoxy) is 1. The van der Waals surface area contributed by atoms with Crippen molar-refractivity contribution in [3.05, 3.63) is 52.5 Å². The fraction of sp³-hybridized carbons (Fsp3) is 0.188. The average Bonchev–Trinajstić information content (AvgIpc) is 2.46. The molecule has 0 aromatic heterocycles. The van der Waals surface area contributed by atoms with E-state index in [2.05, 4.69) is 21.2 Å². The molecule has 0 fully saturated rings. The molecule has 0 aliphatic carbocycles. The van der Waals surface area contributed by atoms with Crippen LogP contribution in [0.15, 0.2) is 46.9 Å². The molecule has 108 valence electrons. The normalized spacial score (nSPS) is 13.3. The maximum absolute atomic E-state index is 12.5. The summed E-state index contributed by atoms with van der Waals surface area (Å²) in [5, 5.41) is 2.91. The lowest BCUT2D eigenvalue weighted by Gasteiger charge is -2.29. The van der Waals surface area contributed by atoms with Crippen molar-refractivity contribution in [2.45, 2.75) is 6.92 Å². The number of hydrogen-bond acceptors (Lipinski definition) is 2. The second-order valence-electron chi connectivity index (χ2n) is 4.91. The average molecular weight is 347 g/mol. The molecule has 0 spiro atoms. The van der Waals surface area contributed by atoms with Crippen LogP contribution in [0.5, 0.6) is 5.75 Å². The first-order valence-electron chi connectivity index (χ1n) is 6.71. The van der Waals surface area contributed by atoms with Gasteiger partial charge in [-0.05, 0) is 42.8 Å². The van der Waals surface area contributed by atoms with Gasteiger partial charge in [-0.25, -0.2) is 4.79 Å². The van der Waals surface area contributed by atoms with E-state index in [0.717, 1.165) is 27.2 Å². The number of carbonyl (C=O) groups excluding carboxylic acids is 1. The van der Waals surface area contributed by atoms with E-state index in [-0.39, 0.29) is 6.03 Å². The van der Waals surface area contributed by atoms with Crippen molar-refractivity contribution in [1.82, 2.24) is 0 Å². The second kappa shape index (κ2) is 5.77. The predicted octanol–water partition coefficient (Wildman–Crippen LogP) is 4.19. The van der Waals surface area contributed by atoms with E-state index in [1.54, 1.807) is 4.90 Å². The molecule has 0 saturated heterocycles. The largest absolute Gasteiger partial charge is 0.490 e. The number of anilines is 2. The van der Waals surface area contributed by atoms with Gasteiger partial charge in [0.1, 0.15) is 12.4 Å². The van der Waals surface area contributed by atoms with Crippen LogP contribution in [-0.2, 0) is 0 Å². The number of carbonyl (C=O) groups is 1. The van der Waals surface area contributed by atoms with E-state index in [1.807, 2.05) is 49.4 Å². The van der Waals surface area contributed by atoms with Crippen molar-refractivity contribution in [3.8, 4) is 5.75 Å². The highest BCUT2D eigenvalue weighted by Gasteiger charge is 2.23. The van der Waals surface area contributed by atoms with E-state index in [4.69, 9.17) is 4.74 Å². The van der Waals surface area contributed by atoms with Gasteiger partial charge in [0.25, 0.3) is 0 Å². The number of nitrogens with one attached hydrogen (secondary N) is 1. The minimum atomic E-state index is -0.150. The van der Waals surface area contributed by atoms with Gasteiger partial charge in [0.05, 0.1) is 12.2 Å². The number of amides is 2. The molecule has 1 N–H and O–H groups in total. The zero-order valence-corrected chi connectivity index (χ0v) is 13.2. The maximum atomic E-state index is 12.5. The third kappa shape index (κ3) is 3.03. The number of nitrogens with zero attached hydrogens (tertiary/aromatic N) is 1. The van der Waals surface area contributed by atoms with Crippen LogP contribution < -0.4 is 15.0 Å². The second-order valence-corrected chi connectivity index (χ2v) is 5.83. The number of fused-ring (bicyclic) bond motifs is 1. The molecule has 2 aromatic rings. The topological polar surface area (TPSA) is 41.6 Å². The zero-order valence-electron chi connectivity index (χ0n) is 11.6. The van der Waals surface area contributed by atoms with Crippen LogP contribution in [0.2, 0.25) is 0 Å². The van der Waals surface area contributed by atoms with Crippen LogP contribution in [0.4, 0.5) is 16.2 Å². The Labute approximate surface area is 131 Å². The SMILES string of the molecule is Cc1ccc2c(c1)N(C(=O)Nc1cccc(Br)c1)CCO2. The smallest absolute Gasteiger partial charge is 0.326 e. The molecule has 1 heterocycles. The van der Waals surface area contributed by atoms with Gasteiger partial charge in [-0.1, -0.05) is 28.1 Å². The molecule has 3 rings (SSSR count). The molecule has 0 radical (unpaired) electrons. The first-order valence-corrected chi connectivity index (χ1v) is 7.50. The monoisotopic (exact) mass is 346 g/mol. The van der Waals surface area contributed by atoms with Gasteiger partial charge in [0, 0.05) is 10.2 Å². The molecule has 2 aromatic carbocycles. The Morgan fingerprint density at radius 3 is 2.95 bits per heavy atom. The van der Waals surface area contributed by atoms with E-state index in [9.17, 15) is 4.79 Å². The third-order valence-electron chi connectivity index (χ3n) is 3.30. The lowest BCUT2D eigenvalue weighted by atomic mass is 10.1. The van der Waals surface area contributed by atoms with Gasteiger partial charge in [-0.15, -0.1) is 0 Å². The Kier molecular flexibility index (Phi) is 3.84. The standard InChI is InChI=1S/C16H15BrN2O2/c1-11-5-6-15-14(9-11)19(7-8-21-15)16(20)18-13-4-2-3-12(17)10-13/h2-6,9-10H,7-8H2,1H3,(H,18,20). The number of rotatable bonds is 1. The Morgan fingerprint density at radius 1 is 1.29 bits per heavy atom. The summed E-state index contributed by atoms with van der Waals surface area (Å²) in [5.74, 6) is 0.747. The van der Waals surface area contributed by atoms with E-state index in [0.29, 0.717) is 13.2 Å². The molecule has 0 saturated carbocycles. The summed E-state index contributed by atoms with van der Waals surface area (Å²) in [4.78, 5) is 14.2. The lowest BCUT2D eigenvalue weighted by molar-refractivity contribution is 0.250. The molecule has 1 aliphatic rings. The maximum Gasteiger partial charge on any atom is 0.326 e. The van der Waals surface area contributed by atoms with Crippen molar-refractivity contribution in [1.29, 1.82) is 0 Å². The van der Waals surface area contributed by atoms with Gasteiger partial charge in [-0.2, -0.15) is 0 Å². The molecule has 5 heteroatoms. The van der Waals surface area contributed by atoms with Crippen molar-refractivity contribution < 1.29 is 9.53 Å². The van der Waals surface area contributed by atoms with E-state index >= 15 is 0 Å². The van der Waals surface area contributed by atoms with Crippen LogP contribution in [0, 0.1) is 6.92 Å². The number of benzene rings is 2. The first kappa shape index (κ1) is 13.9. The van der Waals surface area contributed by atoms with Crippen molar-refractivity contribution in [3.63, 3.8) is 0 Å². The Bertz CT molecular complexity index is 688. The highest BCUT2D eigenvalue weighted by Crippen LogP contribution is 2.32. The highest BCUT2D eigenvalue weighted by atomic mass is 79.9. The molecule has 1 aliphatic heterocycles. The minimum Gasteiger partial charge on any atom is -0.490 e. The minimum absolute atomic E-state index is 0.150. The van der Waals surface area contributed by atoms with Crippen molar-refractivity contribution in [2.24, 2.45) is 0 Å². The summed E-state index contributed by atoms with van der Waals surface area (Å²) in [6.45, 7) is 3.04. The predicted molar refractivity (Wildman–Crippen MR) is 87.2 cm³/mol. The molecule has 0 bridgehead atoms. The van der Waals surface area contributed by atoms with Gasteiger partial charge in [0.15, 0.2) is 0 Å². The van der Waals surface area contributed by atoms with Gasteiger partial charge in [0.2, 0.25) is 0 Å². The van der Waals surface area contributed by atoms with Gasteiger partial charge < -0.3 is 10.1 Å². The van der Waals surface area contributed by atoms with Gasteiger partial charge in [-0.3, -0.25) is 4.90 Å². The molecule has 0 atom stereocenters. The van der Waals surface area contributed by atoms with Crippen LogP contribution in [-0.4, -0.2) is 19.2 Å². The summed E-state index contributed by atoms with van der Waals surface area (Å²) >= 11 is 3.40. The van der Waals surface area contributed by atoms with Gasteiger partial charge >= 0.3 is 6.03 Å². The summed E-state index contributed by atoms with van der Waals surface area (Å²) in [6, 6.07) is 13.2. The van der Waals surface area contributed by atoms with Crippen LogP contribution >= 0.6 is 15.9 Å². The molecular formula is C16H15BrN2O2. The van der Waals surface area contributed by atoms with E-state index < -0.39 is 0 Å². The van der Waals surface area contributed by atoms with Crippen LogP contribution in [0.25, 0.3) is 0 Å². The highest BCUT2D eigenvalue weighted by molar-refractivity contribution is 9.10. The summed E-state index contributed by atoms with van der Waals surface area (Å²) < 4.78 is 6.53. The van der Waals surface area contributed by atoms with Crippen molar-refractivity contribution >= 4 is 33.3 Å². The summed E-state index contributed by atoms with van der Waals surface area (Å²) in [5.41, 5.74) is 2.67. The summed E-state index contributed by atoms with van der Waals surface area (Å²) in [7, 11) is 0. The third-order valence-corrected chi connectivity index (χ3v) is 3.79. The van der Waals surface area contributed by atoms with Crippen LogP contribution in [0.3, 0.4) is 0 Å². The fourth-order valence-electron chi connectivity index (χ4n) is 2.30. The Balaban J connectivity index is 1.85. The van der Waals surface area contributed by atoms with Crippen molar-refractivity contribution in [2.75, 3.05) is 23.4 Å². The molecule has 21 heavy (non-hydrogen) atoms. The number of urea groups is 1. The Morgan fingerprint density at radius 2 is 2.14 bits per heavy atom. The molecule has 4 nitrogen and oxygen atoms in total. The summed E-state index contributed by atoms with van der Waals surface area (Å²) in [6.07, 6.45) is 0. The lowest BCUT2D eigenvalue weighted by Crippen LogP contribution is -2.40. The molecule has 2 amide bonds. The zero-order chi connectivity index (χ0) is 14.8. The molecular weight excluding hydrogens is 332 g/mol. The van der Waals surface area contributed by atoms with E-state index in [1.165, 1.54) is 0 Å². The fourth-order valence-corrected chi connectivity index (χ4v) is 2.70. The number of halogens is 1.